The first-order valence-corrected chi connectivity index (χ1v) is 23.9. The standard InChI is InChI=1S/C47H94N2O6/c1-5-8-11-14-17-18-19-22-27-36-46(52)54-40-31-35-45(51)42-49(38-29-28-37-48-4)41-44(50)34-26-23-30-39-55-47(53)43(32-24-20-15-12-9-6-2)33-25-21-16-13-10-7-3/h43-45,48,50-51H,5-42H2,1-4H3. The van der Waals surface area contributed by atoms with Crippen molar-refractivity contribution in [2.24, 2.45) is 5.92 Å². The summed E-state index contributed by atoms with van der Waals surface area (Å²) in [6, 6.07) is 0. The van der Waals surface area contributed by atoms with E-state index in [1.807, 2.05) is 7.05 Å². The van der Waals surface area contributed by atoms with Gasteiger partial charge in [-0.2, -0.15) is 0 Å². The quantitative estimate of drug-likeness (QED) is 0.0414. The summed E-state index contributed by atoms with van der Waals surface area (Å²) in [7, 11) is 1.96. The number of unbranched alkanes of at least 4 members (excludes halogenated alkanes) is 21. The van der Waals surface area contributed by atoms with Crippen LogP contribution < -0.4 is 5.32 Å². The van der Waals surface area contributed by atoms with Gasteiger partial charge in [0.1, 0.15) is 0 Å². The molecule has 0 aliphatic heterocycles. The molecule has 0 aromatic rings. The van der Waals surface area contributed by atoms with Crippen LogP contribution in [0.4, 0.5) is 0 Å². The highest BCUT2D eigenvalue weighted by atomic mass is 16.5. The van der Waals surface area contributed by atoms with E-state index in [-0.39, 0.29) is 17.9 Å². The van der Waals surface area contributed by atoms with E-state index in [4.69, 9.17) is 9.47 Å². The van der Waals surface area contributed by atoms with Crippen LogP contribution >= 0.6 is 0 Å². The molecule has 0 radical (unpaired) electrons. The Balaban J connectivity index is 4.40. The zero-order valence-corrected chi connectivity index (χ0v) is 37.1. The number of aliphatic hydroxyl groups is 2. The van der Waals surface area contributed by atoms with Crippen LogP contribution in [-0.4, -0.2) is 85.7 Å². The molecular formula is C47H94N2O6. The van der Waals surface area contributed by atoms with Gasteiger partial charge in [-0.3, -0.25) is 14.5 Å². The van der Waals surface area contributed by atoms with Crippen LogP contribution in [0.1, 0.15) is 226 Å². The van der Waals surface area contributed by atoms with Crippen molar-refractivity contribution in [1.82, 2.24) is 10.2 Å². The van der Waals surface area contributed by atoms with Gasteiger partial charge in [-0.25, -0.2) is 0 Å². The fourth-order valence-electron chi connectivity index (χ4n) is 7.50. The molecule has 2 unspecified atom stereocenters. The van der Waals surface area contributed by atoms with Crippen LogP contribution in [-0.2, 0) is 19.1 Å². The summed E-state index contributed by atoms with van der Waals surface area (Å²) >= 11 is 0. The first-order valence-electron chi connectivity index (χ1n) is 23.9. The van der Waals surface area contributed by atoms with E-state index < -0.39 is 12.2 Å². The molecule has 0 heterocycles. The zero-order valence-electron chi connectivity index (χ0n) is 37.1. The molecule has 0 rings (SSSR count). The Morgan fingerprint density at radius 3 is 1.47 bits per heavy atom. The minimum absolute atomic E-state index is 0.00173. The highest BCUT2D eigenvalue weighted by Crippen LogP contribution is 2.21. The van der Waals surface area contributed by atoms with Crippen molar-refractivity contribution in [2.75, 3.05) is 46.4 Å². The van der Waals surface area contributed by atoms with E-state index in [1.165, 1.54) is 109 Å². The molecule has 0 fully saturated rings. The third kappa shape index (κ3) is 38.1. The van der Waals surface area contributed by atoms with Crippen molar-refractivity contribution in [1.29, 1.82) is 0 Å². The Morgan fingerprint density at radius 2 is 0.945 bits per heavy atom. The average Bonchev–Trinajstić information content (AvgIpc) is 3.17. The number of carbonyl (C=O) groups is 2. The van der Waals surface area contributed by atoms with Crippen LogP contribution in [0.2, 0.25) is 0 Å². The Labute approximate surface area is 341 Å². The second-order valence-corrected chi connectivity index (χ2v) is 16.6. The van der Waals surface area contributed by atoms with E-state index >= 15 is 0 Å². The van der Waals surface area contributed by atoms with Crippen molar-refractivity contribution < 1.29 is 29.3 Å². The van der Waals surface area contributed by atoms with Gasteiger partial charge in [0.2, 0.25) is 0 Å². The summed E-state index contributed by atoms with van der Waals surface area (Å²) in [6.45, 7) is 10.4. The lowest BCUT2D eigenvalue weighted by Crippen LogP contribution is -2.39. The maximum atomic E-state index is 13.0. The lowest BCUT2D eigenvalue weighted by atomic mass is 9.94. The summed E-state index contributed by atoms with van der Waals surface area (Å²) in [5.74, 6) is -0.0825. The summed E-state index contributed by atoms with van der Waals surface area (Å²) < 4.78 is 11.2. The van der Waals surface area contributed by atoms with Gasteiger partial charge in [-0.1, -0.05) is 156 Å². The van der Waals surface area contributed by atoms with E-state index in [1.54, 1.807) is 0 Å². The van der Waals surface area contributed by atoms with Crippen LogP contribution in [0.25, 0.3) is 0 Å². The number of nitrogens with zero attached hydrogens (tertiary/aromatic N) is 1. The third-order valence-corrected chi connectivity index (χ3v) is 11.1. The van der Waals surface area contributed by atoms with Gasteiger partial charge in [0, 0.05) is 19.5 Å². The molecule has 2 atom stereocenters. The van der Waals surface area contributed by atoms with Crippen molar-refractivity contribution in [3.05, 3.63) is 0 Å². The molecule has 8 heteroatoms. The molecule has 3 N–H and O–H groups in total. The third-order valence-electron chi connectivity index (χ3n) is 11.1. The molecule has 0 saturated carbocycles. The Kier molecular flexibility index (Phi) is 41.4. The van der Waals surface area contributed by atoms with Gasteiger partial charge >= 0.3 is 11.9 Å². The minimum Gasteiger partial charge on any atom is -0.466 e. The Bertz CT molecular complexity index is 798. The summed E-state index contributed by atoms with van der Waals surface area (Å²) in [5, 5.41) is 24.9. The Morgan fingerprint density at radius 1 is 0.509 bits per heavy atom. The molecule has 0 spiro atoms. The number of hydrogen-bond donors (Lipinski definition) is 3. The number of carbonyl (C=O) groups excluding carboxylic acids is 2. The number of ether oxygens (including phenoxy) is 2. The lowest BCUT2D eigenvalue weighted by molar-refractivity contribution is -0.149. The van der Waals surface area contributed by atoms with Gasteiger partial charge in [-0.05, 0) is 84.3 Å². The first-order chi connectivity index (χ1) is 26.9. The fraction of sp³-hybridized carbons (Fsp3) is 0.957. The molecule has 0 aromatic heterocycles. The van der Waals surface area contributed by atoms with Crippen LogP contribution in [0, 0.1) is 5.92 Å². The van der Waals surface area contributed by atoms with Crippen LogP contribution in [0.15, 0.2) is 0 Å². The summed E-state index contributed by atoms with van der Waals surface area (Å²) in [6.07, 6.45) is 34.0. The predicted molar refractivity (Wildman–Crippen MR) is 233 cm³/mol. The normalized spacial score (nSPS) is 12.8. The SMILES string of the molecule is CCCCCCCCCCCC(=O)OCCCC(O)CN(CCCCNC)CC(O)CCCCCOC(=O)C(CCCCCCCC)CCCCCCCC. The smallest absolute Gasteiger partial charge is 0.308 e. The van der Waals surface area contributed by atoms with Crippen LogP contribution in [0.5, 0.6) is 0 Å². The van der Waals surface area contributed by atoms with E-state index in [0.717, 1.165) is 83.7 Å². The highest BCUT2D eigenvalue weighted by Gasteiger charge is 2.20. The minimum atomic E-state index is -0.520. The summed E-state index contributed by atoms with van der Waals surface area (Å²) in [4.78, 5) is 27.4. The van der Waals surface area contributed by atoms with E-state index in [0.29, 0.717) is 52.0 Å². The van der Waals surface area contributed by atoms with Crippen molar-refractivity contribution in [3.63, 3.8) is 0 Å². The van der Waals surface area contributed by atoms with Crippen molar-refractivity contribution in [3.8, 4) is 0 Å². The maximum Gasteiger partial charge on any atom is 0.308 e. The zero-order chi connectivity index (χ0) is 40.5. The van der Waals surface area contributed by atoms with Gasteiger partial charge in [0.05, 0.1) is 31.3 Å². The van der Waals surface area contributed by atoms with Gasteiger partial charge < -0.3 is 25.0 Å². The molecule has 0 aromatic carbocycles. The molecule has 0 amide bonds. The van der Waals surface area contributed by atoms with Gasteiger partial charge in [0.25, 0.3) is 0 Å². The number of aliphatic hydroxyl groups excluding tert-OH is 2. The van der Waals surface area contributed by atoms with E-state index in [9.17, 15) is 19.8 Å². The molecule has 55 heavy (non-hydrogen) atoms. The number of hydrogen-bond acceptors (Lipinski definition) is 8. The molecule has 0 bridgehead atoms. The second-order valence-electron chi connectivity index (χ2n) is 16.6. The maximum absolute atomic E-state index is 13.0. The number of nitrogens with one attached hydrogen (secondary N) is 1. The fourth-order valence-corrected chi connectivity index (χ4v) is 7.50. The average molecular weight is 783 g/mol. The molecule has 0 aliphatic carbocycles. The van der Waals surface area contributed by atoms with Crippen molar-refractivity contribution >= 4 is 11.9 Å². The first kappa shape index (κ1) is 53.8. The second kappa shape index (κ2) is 42.4. The molecular weight excluding hydrogens is 689 g/mol. The van der Waals surface area contributed by atoms with E-state index in [2.05, 4.69) is 31.0 Å². The Hall–Kier alpha value is -1.22. The highest BCUT2D eigenvalue weighted by molar-refractivity contribution is 5.72. The van der Waals surface area contributed by atoms with Crippen molar-refractivity contribution in [2.45, 2.75) is 238 Å². The predicted octanol–water partition coefficient (Wildman–Crippen LogP) is 11.5. The number of rotatable bonds is 44. The van der Waals surface area contributed by atoms with Crippen LogP contribution in [0.3, 0.4) is 0 Å². The largest absolute Gasteiger partial charge is 0.466 e. The molecule has 328 valence electrons. The summed E-state index contributed by atoms with van der Waals surface area (Å²) in [5.41, 5.74) is 0. The lowest BCUT2D eigenvalue weighted by Gasteiger charge is -2.27. The molecule has 0 aliphatic rings. The number of esters is 2. The van der Waals surface area contributed by atoms with Gasteiger partial charge in [-0.15, -0.1) is 0 Å². The van der Waals surface area contributed by atoms with Gasteiger partial charge in [0.15, 0.2) is 0 Å². The molecule has 0 saturated heterocycles. The monoisotopic (exact) mass is 783 g/mol. The topological polar surface area (TPSA) is 108 Å². The molecule has 8 nitrogen and oxygen atoms in total.